The highest BCUT2D eigenvalue weighted by Crippen LogP contribution is 2.25. The minimum atomic E-state index is -2.91. The number of hydrogen-bond donors (Lipinski definition) is 1. The lowest BCUT2D eigenvalue weighted by Crippen LogP contribution is -2.28. The summed E-state index contributed by atoms with van der Waals surface area (Å²) in [5.74, 6) is 2.08. The van der Waals surface area contributed by atoms with Crippen molar-refractivity contribution in [2.24, 2.45) is 13.0 Å². The van der Waals surface area contributed by atoms with Crippen LogP contribution in [0.4, 0.5) is 0 Å². The second-order valence-electron chi connectivity index (χ2n) is 7.70. The number of fused-ring (bicyclic) bond motifs is 1. The van der Waals surface area contributed by atoms with Gasteiger partial charge in [0.2, 0.25) is 5.91 Å². The van der Waals surface area contributed by atoms with Gasteiger partial charge in [-0.25, -0.2) is 8.42 Å². The summed E-state index contributed by atoms with van der Waals surface area (Å²) in [7, 11) is -1.07. The molecule has 1 aliphatic heterocycles. The second kappa shape index (κ2) is 8.43. The molecular weight excluding hydrogens is 424 g/mol. The van der Waals surface area contributed by atoms with E-state index >= 15 is 0 Å². The molecule has 160 valence electrons. The molecule has 0 spiro atoms. The Hall–Kier alpha value is -2.33. The molecule has 1 aromatic carbocycles. The number of aromatic nitrogens is 3. The van der Waals surface area contributed by atoms with Gasteiger partial charge in [0, 0.05) is 18.9 Å². The smallest absolute Gasteiger partial charge is 0.231 e. The predicted octanol–water partition coefficient (Wildman–Crippen LogP) is 2.51. The van der Waals surface area contributed by atoms with Gasteiger partial charge in [-0.2, -0.15) is 0 Å². The van der Waals surface area contributed by atoms with Crippen LogP contribution in [0.25, 0.3) is 11.0 Å². The molecule has 1 amide bonds. The molecule has 1 fully saturated rings. The quantitative estimate of drug-likeness (QED) is 0.553. The number of hydrogen-bond acceptors (Lipinski definition) is 7. The number of nitrogens with zero attached hydrogens (tertiary/aromatic N) is 3. The lowest BCUT2D eigenvalue weighted by atomic mass is 10.1. The molecule has 0 saturated carbocycles. The number of carbonyl (C=O) groups excluding carboxylic acids is 1. The predicted molar refractivity (Wildman–Crippen MR) is 115 cm³/mol. The highest BCUT2D eigenvalue weighted by molar-refractivity contribution is 7.99. The number of thioether (sulfide) groups is 1. The van der Waals surface area contributed by atoms with Gasteiger partial charge in [0.05, 0.1) is 23.3 Å². The van der Waals surface area contributed by atoms with Crippen molar-refractivity contribution in [1.29, 1.82) is 0 Å². The summed E-state index contributed by atoms with van der Waals surface area (Å²) in [6.07, 6.45) is 1.25. The molecule has 8 nitrogen and oxygen atoms in total. The molecule has 0 bridgehead atoms. The third-order valence-electron chi connectivity index (χ3n) is 5.30. The largest absolute Gasteiger partial charge is 0.459 e. The van der Waals surface area contributed by atoms with Crippen LogP contribution >= 0.6 is 11.8 Å². The maximum Gasteiger partial charge on any atom is 0.231 e. The van der Waals surface area contributed by atoms with E-state index in [2.05, 4.69) is 15.5 Å². The maximum atomic E-state index is 12.4. The van der Waals surface area contributed by atoms with Crippen LogP contribution in [0.3, 0.4) is 0 Å². The second-order valence-corrected chi connectivity index (χ2v) is 10.9. The Morgan fingerprint density at radius 1 is 1.37 bits per heavy atom. The molecule has 0 unspecified atom stereocenters. The summed E-state index contributed by atoms with van der Waals surface area (Å²) in [6.45, 7) is 1.89. The van der Waals surface area contributed by atoms with Gasteiger partial charge >= 0.3 is 0 Å². The van der Waals surface area contributed by atoms with Crippen LogP contribution in [0.2, 0.25) is 0 Å². The van der Waals surface area contributed by atoms with Gasteiger partial charge in [-0.05, 0) is 31.4 Å². The molecule has 2 aromatic heterocycles. The van der Waals surface area contributed by atoms with Gasteiger partial charge in [0.1, 0.15) is 17.2 Å². The molecule has 4 rings (SSSR count). The molecule has 3 heterocycles. The van der Waals surface area contributed by atoms with E-state index in [-0.39, 0.29) is 35.1 Å². The number of benzene rings is 1. The van der Waals surface area contributed by atoms with E-state index in [1.165, 1.54) is 11.8 Å². The van der Waals surface area contributed by atoms with E-state index < -0.39 is 9.84 Å². The van der Waals surface area contributed by atoms with Crippen LogP contribution in [-0.2, 0) is 28.1 Å². The highest BCUT2D eigenvalue weighted by atomic mass is 32.2. The highest BCUT2D eigenvalue weighted by Gasteiger charge is 2.29. The SMILES string of the molecule is C[C@@H](NC(=O)CSc1nnc(C[C@@H]2CCS(=O)(=O)C2)n1C)c1cc2ccccc2o1. The standard InChI is InChI=1S/C20H24N4O4S2/c1-13(17-10-15-5-3-4-6-16(15)28-17)21-19(25)11-29-20-23-22-18(24(20)2)9-14-7-8-30(26,27)12-14/h3-6,10,13-14H,7-9,11-12H2,1-2H3,(H,21,25)/t13-,14+/m1/s1. The van der Waals surface area contributed by atoms with Crippen LogP contribution in [0.5, 0.6) is 0 Å². The number of rotatable bonds is 7. The fourth-order valence-electron chi connectivity index (χ4n) is 3.64. The Morgan fingerprint density at radius 3 is 2.90 bits per heavy atom. The van der Waals surface area contributed by atoms with Gasteiger partial charge < -0.3 is 14.3 Å². The van der Waals surface area contributed by atoms with Gasteiger partial charge in [0.15, 0.2) is 15.0 Å². The zero-order valence-corrected chi connectivity index (χ0v) is 18.5. The van der Waals surface area contributed by atoms with Crippen LogP contribution < -0.4 is 5.32 Å². The number of carbonyl (C=O) groups is 1. The molecule has 1 saturated heterocycles. The fourth-order valence-corrected chi connectivity index (χ4v) is 6.24. The Kier molecular flexibility index (Phi) is 5.88. The van der Waals surface area contributed by atoms with Gasteiger partial charge in [-0.3, -0.25) is 4.79 Å². The first kappa shape index (κ1) is 20.9. The summed E-state index contributed by atoms with van der Waals surface area (Å²) in [5.41, 5.74) is 0.796. The molecule has 0 radical (unpaired) electrons. The number of nitrogens with one attached hydrogen (secondary N) is 1. The first-order chi connectivity index (χ1) is 14.3. The maximum absolute atomic E-state index is 12.4. The van der Waals surface area contributed by atoms with Crippen molar-refractivity contribution in [2.75, 3.05) is 17.3 Å². The summed E-state index contributed by atoms with van der Waals surface area (Å²) < 4.78 is 30.9. The van der Waals surface area contributed by atoms with Crippen molar-refractivity contribution in [1.82, 2.24) is 20.1 Å². The van der Waals surface area contributed by atoms with Gasteiger partial charge in [-0.15, -0.1) is 10.2 Å². The molecular formula is C20H24N4O4S2. The number of para-hydroxylation sites is 1. The molecule has 1 N–H and O–H groups in total. The monoisotopic (exact) mass is 448 g/mol. The van der Waals surface area contributed by atoms with Crippen molar-refractivity contribution in [3.63, 3.8) is 0 Å². The summed E-state index contributed by atoms with van der Waals surface area (Å²) >= 11 is 1.30. The fraction of sp³-hybridized carbons (Fsp3) is 0.450. The third-order valence-corrected chi connectivity index (χ3v) is 8.16. The summed E-state index contributed by atoms with van der Waals surface area (Å²) in [5, 5.41) is 12.9. The topological polar surface area (TPSA) is 107 Å². The average molecular weight is 449 g/mol. The first-order valence-corrected chi connectivity index (χ1v) is 12.6. The van der Waals surface area contributed by atoms with E-state index in [9.17, 15) is 13.2 Å². The van der Waals surface area contributed by atoms with Crippen molar-refractivity contribution in [3.8, 4) is 0 Å². The zero-order valence-electron chi connectivity index (χ0n) is 16.9. The minimum Gasteiger partial charge on any atom is -0.459 e. The van der Waals surface area contributed by atoms with E-state index in [4.69, 9.17) is 4.42 Å². The average Bonchev–Trinajstić information content (AvgIpc) is 3.38. The molecule has 2 atom stereocenters. The zero-order chi connectivity index (χ0) is 21.3. The first-order valence-electron chi connectivity index (χ1n) is 9.80. The third kappa shape index (κ3) is 4.70. The summed E-state index contributed by atoms with van der Waals surface area (Å²) in [4.78, 5) is 12.4. The van der Waals surface area contributed by atoms with Crippen LogP contribution in [0.15, 0.2) is 39.9 Å². The molecule has 10 heteroatoms. The van der Waals surface area contributed by atoms with Crippen molar-refractivity contribution in [3.05, 3.63) is 41.9 Å². The Bertz CT molecular complexity index is 1140. The van der Waals surface area contributed by atoms with E-state index in [1.807, 2.05) is 48.9 Å². The minimum absolute atomic E-state index is 0.0868. The van der Waals surface area contributed by atoms with Gasteiger partial charge in [-0.1, -0.05) is 30.0 Å². The Labute approximate surface area is 179 Å². The molecule has 30 heavy (non-hydrogen) atoms. The number of amides is 1. The summed E-state index contributed by atoms with van der Waals surface area (Å²) in [6, 6.07) is 9.42. The number of sulfone groups is 1. The van der Waals surface area contributed by atoms with Crippen LogP contribution in [-0.4, -0.2) is 46.3 Å². The van der Waals surface area contributed by atoms with Crippen molar-refractivity contribution in [2.45, 2.75) is 31.0 Å². The number of furan rings is 1. The van der Waals surface area contributed by atoms with Crippen molar-refractivity contribution >= 4 is 38.5 Å². The van der Waals surface area contributed by atoms with E-state index in [0.717, 1.165) is 16.8 Å². The Morgan fingerprint density at radius 2 is 2.17 bits per heavy atom. The molecule has 3 aromatic rings. The molecule has 0 aliphatic carbocycles. The van der Waals surface area contributed by atoms with Gasteiger partial charge in [0.25, 0.3) is 0 Å². The molecule has 1 aliphatic rings. The van der Waals surface area contributed by atoms with Crippen molar-refractivity contribution < 1.29 is 17.6 Å². The van der Waals surface area contributed by atoms with E-state index in [0.29, 0.717) is 23.8 Å². The lowest BCUT2D eigenvalue weighted by Gasteiger charge is -2.11. The van der Waals surface area contributed by atoms with Crippen LogP contribution in [0, 0.1) is 5.92 Å². The van der Waals surface area contributed by atoms with Crippen LogP contribution in [0.1, 0.15) is 31.0 Å². The lowest BCUT2D eigenvalue weighted by molar-refractivity contribution is -0.119. The van der Waals surface area contributed by atoms with E-state index in [1.54, 1.807) is 0 Å². The Balaban J connectivity index is 1.31. The normalized spacial score (nSPS) is 19.2.